The number of benzene rings is 1. The molecule has 156 valence electrons. The van der Waals surface area contributed by atoms with Crippen molar-refractivity contribution >= 4 is 41.8 Å². The molecule has 1 aromatic carbocycles. The van der Waals surface area contributed by atoms with E-state index in [-0.39, 0.29) is 59.5 Å². The number of likely N-dealkylation sites (tertiary alicyclic amines) is 1. The first kappa shape index (κ1) is 21.6. The van der Waals surface area contributed by atoms with E-state index in [4.69, 9.17) is 4.74 Å². The fraction of sp³-hybridized carbons (Fsp3) is 0.476. The van der Waals surface area contributed by atoms with Gasteiger partial charge >= 0.3 is 0 Å². The molecular weight excluding hydrogens is 483 g/mol. The Labute approximate surface area is 188 Å². The number of imide groups is 1. The normalized spacial score (nSPS) is 27.1. The Bertz CT molecular complexity index is 768. The molecule has 1 saturated carbocycles. The van der Waals surface area contributed by atoms with E-state index in [0.29, 0.717) is 32.2 Å². The van der Waals surface area contributed by atoms with E-state index in [1.54, 1.807) is 7.05 Å². The molecule has 0 radical (unpaired) electrons. The molecule has 2 amide bonds. The van der Waals surface area contributed by atoms with E-state index in [1.807, 2.05) is 30.3 Å². The zero-order valence-electron chi connectivity index (χ0n) is 16.4. The standard InChI is InChI=1S/C21H26N4O3.HI/c1-22-21(24-10-12-28-16-5-3-2-4-6-16)23-9-11-25-19(26)17-14-7-8-15(13-14)18(17)20(25)27;/h2-8,14-15,17-18H,9-13H2,1H3,(H2,22,23,24);1H. The molecule has 2 N–H and O–H groups in total. The first-order valence-electron chi connectivity index (χ1n) is 9.85. The van der Waals surface area contributed by atoms with Gasteiger partial charge in [0.05, 0.1) is 18.4 Å². The number of hydrogen-bond acceptors (Lipinski definition) is 4. The minimum Gasteiger partial charge on any atom is -0.492 e. The number of guanidine groups is 1. The number of nitrogens with one attached hydrogen (secondary N) is 2. The van der Waals surface area contributed by atoms with Crippen molar-refractivity contribution in [2.24, 2.45) is 28.7 Å². The Morgan fingerprint density at radius 2 is 1.69 bits per heavy atom. The van der Waals surface area contributed by atoms with Crippen molar-refractivity contribution in [3.05, 3.63) is 42.5 Å². The molecule has 4 atom stereocenters. The van der Waals surface area contributed by atoms with Crippen molar-refractivity contribution in [3.63, 3.8) is 0 Å². The number of fused-ring (bicyclic) bond motifs is 5. The summed E-state index contributed by atoms with van der Waals surface area (Å²) in [6, 6.07) is 9.63. The highest BCUT2D eigenvalue weighted by atomic mass is 127. The van der Waals surface area contributed by atoms with Crippen LogP contribution < -0.4 is 15.4 Å². The van der Waals surface area contributed by atoms with E-state index < -0.39 is 0 Å². The van der Waals surface area contributed by atoms with Crippen LogP contribution in [0.4, 0.5) is 0 Å². The number of halogens is 1. The van der Waals surface area contributed by atoms with Gasteiger partial charge in [-0.25, -0.2) is 0 Å². The van der Waals surface area contributed by atoms with E-state index >= 15 is 0 Å². The number of aliphatic imine (C=N–C) groups is 1. The third kappa shape index (κ3) is 4.41. The highest BCUT2D eigenvalue weighted by Gasteiger charge is 2.58. The molecule has 2 bridgehead atoms. The monoisotopic (exact) mass is 510 g/mol. The van der Waals surface area contributed by atoms with E-state index in [0.717, 1.165) is 12.2 Å². The predicted octanol–water partition coefficient (Wildman–Crippen LogP) is 1.66. The average Bonchev–Trinajstić information content (AvgIpc) is 3.40. The number of amides is 2. The van der Waals surface area contributed by atoms with Crippen LogP contribution in [0.3, 0.4) is 0 Å². The van der Waals surface area contributed by atoms with Gasteiger partial charge in [-0.15, -0.1) is 24.0 Å². The van der Waals surface area contributed by atoms with E-state index in [2.05, 4.69) is 27.8 Å². The molecule has 0 aromatic heterocycles. The molecule has 8 heteroatoms. The lowest BCUT2D eigenvalue weighted by Crippen LogP contribution is -2.44. The summed E-state index contributed by atoms with van der Waals surface area (Å²) in [5, 5.41) is 6.33. The summed E-state index contributed by atoms with van der Waals surface area (Å²) < 4.78 is 5.63. The van der Waals surface area contributed by atoms with Crippen LogP contribution in [0.25, 0.3) is 0 Å². The summed E-state index contributed by atoms with van der Waals surface area (Å²) in [7, 11) is 1.69. The molecule has 29 heavy (non-hydrogen) atoms. The highest BCUT2D eigenvalue weighted by Crippen LogP contribution is 2.52. The van der Waals surface area contributed by atoms with Gasteiger partial charge in [-0.1, -0.05) is 30.4 Å². The zero-order chi connectivity index (χ0) is 19.5. The number of allylic oxidation sites excluding steroid dienone is 2. The second-order valence-electron chi connectivity index (χ2n) is 7.42. The summed E-state index contributed by atoms with van der Waals surface area (Å²) in [5.41, 5.74) is 0. The molecular formula is C21H27IN4O3. The lowest BCUT2D eigenvalue weighted by Gasteiger charge is -2.18. The zero-order valence-corrected chi connectivity index (χ0v) is 18.7. The summed E-state index contributed by atoms with van der Waals surface area (Å²) in [6.07, 6.45) is 5.19. The number of carbonyl (C=O) groups excluding carboxylic acids is 2. The van der Waals surface area contributed by atoms with Gasteiger partial charge in [0.15, 0.2) is 5.96 Å². The van der Waals surface area contributed by atoms with Gasteiger partial charge in [-0.05, 0) is 30.4 Å². The molecule has 1 saturated heterocycles. The van der Waals surface area contributed by atoms with Crippen molar-refractivity contribution < 1.29 is 14.3 Å². The molecule has 0 spiro atoms. The minimum atomic E-state index is -0.130. The molecule has 2 fully saturated rings. The number of rotatable bonds is 7. The third-order valence-corrected chi connectivity index (χ3v) is 5.82. The molecule has 4 rings (SSSR count). The Morgan fingerprint density at radius 3 is 2.31 bits per heavy atom. The first-order chi connectivity index (χ1) is 13.7. The van der Waals surface area contributed by atoms with E-state index in [9.17, 15) is 9.59 Å². The summed E-state index contributed by atoms with van der Waals surface area (Å²) >= 11 is 0. The van der Waals surface area contributed by atoms with Crippen molar-refractivity contribution in [1.29, 1.82) is 0 Å². The van der Waals surface area contributed by atoms with Crippen molar-refractivity contribution in [2.45, 2.75) is 6.42 Å². The molecule has 1 heterocycles. The van der Waals surface area contributed by atoms with Gasteiger partial charge in [0.2, 0.25) is 11.8 Å². The Balaban J connectivity index is 0.00000240. The largest absolute Gasteiger partial charge is 0.492 e. The first-order valence-corrected chi connectivity index (χ1v) is 9.85. The van der Waals surface area contributed by atoms with Gasteiger partial charge in [0, 0.05) is 20.1 Å². The number of carbonyl (C=O) groups is 2. The molecule has 2 aliphatic carbocycles. The Morgan fingerprint density at radius 1 is 1.07 bits per heavy atom. The van der Waals surface area contributed by atoms with Crippen LogP contribution >= 0.6 is 24.0 Å². The maximum absolute atomic E-state index is 12.7. The van der Waals surface area contributed by atoms with Crippen LogP contribution in [-0.2, 0) is 9.59 Å². The van der Waals surface area contributed by atoms with Crippen LogP contribution in [0.5, 0.6) is 5.75 Å². The number of hydrogen-bond donors (Lipinski definition) is 2. The quantitative estimate of drug-likeness (QED) is 0.146. The Kier molecular flexibility index (Phi) is 7.15. The highest BCUT2D eigenvalue weighted by molar-refractivity contribution is 14.0. The fourth-order valence-electron chi connectivity index (χ4n) is 4.55. The molecule has 1 aromatic rings. The topological polar surface area (TPSA) is 83.0 Å². The third-order valence-electron chi connectivity index (χ3n) is 5.82. The second kappa shape index (κ2) is 9.60. The lowest BCUT2D eigenvalue weighted by molar-refractivity contribution is -0.140. The maximum atomic E-state index is 12.7. The molecule has 4 unspecified atom stereocenters. The Hall–Kier alpha value is -2.10. The van der Waals surface area contributed by atoms with Gasteiger partial charge in [-0.3, -0.25) is 19.5 Å². The van der Waals surface area contributed by atoms with Crippen molar-refractivity contribution in [3.8, 4) is 5.75 Å². The van der Waals surface area contributed by atoms with Crippen LogP contribution in [0.1, 0.15) is 6.42 Å². The van der Waals surface area contributed by atoms with Gasteiger partial charge in [-0.2, -0.15) is 0 Å². The summed E-state index contributed by atoms with van der Waals surface area (Å²) in [4.78, 5) is 30.9. The van der Waals surface area contributed by atoms with Crippen LogP contribution in [0.15, 0.2) is 47.5 Å². The van der Waals surface area contributed by atoms with Gasteiger partial charge in [0.1, 0.15) is 12.4 Å². The fourth-order valence-corrected chi connectivity index (χ4v) is 4.55. The SMILES string of the molecule is CN=C(NCCOc1ccccc1)NCCN1C(=O)C2C3C=CC(C3)C2C1=O.I. The average molecular weight is 510 g/mol. The van der Waals surface area contributed by atoms with Crippen molar-refractivity contribution in [1.82, 2.24) is 15.5 Å². The number of nitrogens with zero attached hydrogens (tertiary/aromatic N) is 2. The lowest BCUT2D eigenvalue weighted by atomic mass is 9.85. The predicted molar refractivity (Wildman–Crippen MR) is 121 cm³/mol. The molecule has 1 aliphatic heterocycles. The molecule has 3 aliphatic rings. The van der Waals surface area contributed by atoms with Crippen LogP contribution in [0, 0.1) is 23.7 Å². The number of ether oxygens (including phenoxy) is 1. The van der Waals surface area contributed by atoms with Crippen LogP contribution in [-0.4, -0.2) is 56.0 Å². The van der Waals surface area contributed by atoms with Crippen LogP contribution in [0.2, 0.25) is 0 Å². The van der Waals surface area contributed by atoms with Crippen molar-refractivity contribution in [2.75, 3.05) is 33.3 Å². The number of para-hydroxylation sites is 1. The minimum absolute atomic E-state index is 0. The maximum Gasteiger partial charge on any atom is 0.233 e. The smallest absolute Gasteiger partial charge is 0.233 e. The van der Waals surface area contributed by atoms with Gasteiger partial charge < -0.3 is 15.4 Å². The summed E-state index contributed by atoms with van der Waals surface area (Å²) in [5.74, 6) is 1.68. The second-order valence-corrected chi connectivity index (χ2v) is 7.42. The van der Waals surface area contributed by atoms with Gasteiger partial charge in [0.25, 0.3) is 0 Å². The van der Waals surface area contributed by atoms with E-state index in [1.165, 1.54) is 4.90 Å². The molecule has 7 nitrogen and oxygen atoms in total. The summed E-state index contributed by atoms with van der Waals surface area (Å²) in [6.45, 7) is 1.94.